The lowest BCUT2D eigenvalue weighted by atomic mass is 10.1. The predicted octanol–water partition coefficient (Wildman–Crippen LogP) is 4.19. The van der Waals surface area contributed by atoms with Crippen LogP contribution in [0.5, 0.6) is 0 Å². The van der Waals surface area contributed by atoms with E-state index in [2.05, 4.69) is 30.9 Å². The summed E-state index contributed by atoms with van der Waals surface area (Å²) in [6.45, 7) is 6.10. The maximum absolute atomic E-state index is 13.2. The summed E-state index contributed by atoms with van der Waals surface area (Å²) in [7, 11) is 3.17. The number of hydrogen-bond donors (Lipinski definition) is 0. The lowest BCUT2D eigenvalue weighted by Gasteiger charge is -2.21. The number of halogens is 1. The Bertz CT molecular complexity index is 1380. The van der Waals surface area contributed by atoms with Crippen molar-refractivity contribution in [3.63, 3.8) is 0 Å². The summed E-state index contributed by atoms with van der Waals surface area (Å²) in [6, 6.07) is 15.6. The molecule has 0 saturated heterocycles. The third kappa shape index (κ3) is 3.37. The monoisotopic (exact) mass is 436 g/mol. The van der Waals surface area contributed by atoms with E-state index >= 15 is 0 Å². The fraction of sp³-hybridized carbons (Fsp3) is 0.250. The van der Waals surface area contributed by atoms with Gasteiger partial charge in [0, 0.05) is 55.3 Å². The number of anilines is 1. The molecular formula is C24H25ClN4O2. The quantitative estimate of drug-likeness (QED) is 0.471. The summed E-state index contributed by atoms with van der Waals surface area (Å²) in [4.78, 5) is 28.0. The Balaban J connectivity index is 2.06. The summed E-state index contributed by atoms with van der Waals surface area (Å²) in [5.41, 5.74) is 3.29. The van der Waals surface area contributed by atoms with E-state index in [0.29, 0.717) is 21.6 Å². The van der Waals surface area contributed by atoms with E-state index < -0.39 is 0 Å². The van der Waals surface area contributed by atoms with E-state index in [0.717, 1.165) is 34.6 Å². The Morgan fingerprint density at radius 3 is 2.16 bits per heavy atom. The van der Waals surface area contributed by atoms with Gasteiger partial charge in [0.25, 0.3) is 5.56 Å². The van der Waals surface area contributed by atoms with Crippen molar-refractivity contribution in [1.29, 1.82) is 0 Å². The number of nitrogens with zero attached hydrogens (tertiary/aromatic N) is 4. The predicted molar refractivity (Wildman–Crippen MR) is 128 cm³/mol. The summed E-state index contributed by atoms with van der Waals surface area (Å²) >= 11 is 6.55. The van der Waals surface area contributed by atoms with Gasteiger partial charge in [-0.05, 0) is 44.2 Å². The van der Waals surface area contributed by atoms with Crippen molar-refractivity contribution in [2.24, 2.45) is 14.1 Å². The van der Waals surface area contributed by atoms with Gasteiger partial charge in [-0.2, -0.15) is 0 Å². The normalized spacial score (nSPS) is 11.3. The lowest BCUT2D eigenvalue weighted by Crippen LogP contribution is -2.36. The van der Waals surface area contributed by atoms with Crippen LogP contribution in [0.25, 0.3) is 27.8 Å². The molecule has 0 aliphatic heterocycles. The maximum atomic E-state index is 13.2. The molecule has 0 bridgehead atoms. The first kappa shape index (κ1) is 21.0. The van der Waals surface area contributed by atoms with Gasteiger partial charge in [-0.15, -0.1) is 0 Å². The van der Waals surface area contributed by atoms with Crippen LogP contribution in [-0.4, -0.2) is 26.8 Å². The number of aryl methyl sites for hydroxylation is 1. The minimum atomic E-state index is -0.364. The molecular weight excluding hydrogens is 412 g/mol. The molecule has 0 unspecified atom stereocenters. The van der Waals surface area contributed by atoms with Crippen LogP contribution >= 0.6 is 11.6 Å². The van der Waals surface area contributed by atoms with E-state index in [4.69, 9.17) is 11.6 Å². The standard InChI is InChI=1S/C24H25ClN4O2/c1-5-28(6-2)16-11-13-17(14-12-16)29-15-20-21(23(30)27(4)24(31)26(20)3)22(29)18-9-7-8-10-19(18)25/h7-15H,5-6H2,1-4H3. The molecule has 7 heteroatoms. The third-order valence-corrected chi connectivity index (χ3v) is 6.15. The molecule has 2 aromatic heterocycles. The van der Waals surface area contributed by atoms with E-state index in [1.165, 1.54) is 11.6 Å². The largest absolute Gasteiger partial charge is 0.372 e. The van der Waals surface area contributed by atoms with Crippen LogP contribution in [-0.2, 0) is 14.1 Å². The molecule has 0 radical (unpaired) electrons. The SMILES string of the molecule is CCN(CC)c1ccc(-n2cc3c(c2-c2ccccc2Cl)c(=O)n(C)c(=O)n3C)cc1. The van der Waals surface area contributed by atoms with Crippen molar-refractivity contribution in [3.05, 3.63) is 80.6 Å². The minimum Gasteiger partial charge on any atom is -0.372 e. The zero-order valence-electron chi connectivity index (χ0n) is 18.1. The number of benzene rings is 2. The molecule has 0 fully saturated rings. The maximum Gasteiger partial charge on any atom is 0.330 e. The average Bonchev–Trinajstić information content (AvgIpc) is 3.18. The summed E-state index contributed by atoms with van der Waals surface area (Å²) in [5, 5.41) is 1.00. The van der Waals surface area contributed by atoms with Crippen molar-refractivity contribution < 1.29 is 0 Å². The fourth-order valence-corrected chi connectivity index (χ4v) is 4.30. The van der Waals surface area contributed by atoms with E-state index in [1.54, 1.807) is 13.1 Å². The highest BCUT2D eigenvalue weighted by molar-refractivity contribution is 6.33. The number of rotatable bonds is 5. The van der Waals surface area contributed by atoms with Gasteiger partial charge in [-0.1, -0.05) is 29.8 Å². The second-order valence-corrected chi connectivity index (χ2v) is 7.89. The Hall–Kier alpha value is -3.25. The molecule has 4 aromatic rings. The zero-order valence-corrected chi connectivity index (χ0v) is 18.8. The number of fused-ring (bicyclic) bond motifs is 1. The molecule has 4 rings (SSSR count). The van der Waals surface area contributed by atoms with Crippen LogP contribution in [0, 0.1) is 0 Å². The molecule has 0 aliphatic rings. The summed E-state index contributed by atoms with van der Waals surface area (Å²) in [6.07, 6.45) is 1.84. The Morgan fingerprint density at radius 2 is 1.55 bits per heavy atom. The first-order valence-corrected chi connectivity index (χ1v) is 10.7. The van der Waals surface area contributed by atoms with Gasteiger partial charge in [0.1, 0.15) is 0 Å². The van der Waals surface area contributed by atoms with Crippen LogP contribution in [0.3, 0.4) is 0 Å². The summed E-state index contributed by atoms with van der Waals surface area (Å²) in [5.74, 6) is 0. The molecule has 0 amide bonds. The van der Waals surface area contributed by atoms with Gasteiger partial charge >= 0.3 is 5.69 Å². The molecule has 2 aromatic carbocycles. The molecule has 0 N–H and O–H groups in total. The van der Waals surface area contributed by atoms with Gasteiger partial charge in [0.2, 0.25) is 0 Å². The molecule has 0 aliphatic carbocycles. The highest BCUT2D eigenvalue weighted by Gasteiger charge is 2.21. The third-order valence-electron chi connectivity index (χ3n) is 5.82. The molecule has 6 nitrogen and oxygen atoms in total. The van der Waals surface area contributed by atoms with Crippen molar-refractivity contribution in [2.75, 3.05) is 18.0 Å². The number of aromatic nitrogens is 3. The van der Waals surface area contributed by atoms with E-state index in [9.17, 15) is 9.59 Å². The van der Waals surface area contributed by atoms with Crippen LogP contribution in [0.4, 0.5) is 5.69 Å². The van der Waals surface area contributed by atoms with Crippen LogP contribution < -0.4 is 16.1 Å². The second-order valence-electron chi connectivity index (χ2n) is 7.48. The smallest absolute Gasteiger partial charge is 0.330 e. The van der Waals surface area contributed by atoms with Crippen molar-refractivity contribution in [3.8, 4) is 16.9 Å². The Labute approximate surface area is 185 Å². The van der Waals surface area contributed by atoms with Crippen molar-refractivity contribution >= 4 is 28.2 Å². The molecule has 31 heavy (non-hydrogen) atoms. The Morgan fingerprint density at radius 1 is 0.903 bits per heavy atom. The fourth-order valence-electron chi connectivity index (χ4n) is 4.08. The Kier molecular flexibility index (Phi) is 5.50. The van der Waals surface area contributed by atoms with Crippen LogP contribution in [0.1, 0.15) is 13.8 Å². The van der Waals surface area contributed by atoms with Crippen molar-refractivity contribution in [1.82, 2.24) is 13.7 Å². The van der Waals surface area contributed by atoms with Gasteiger partial charge < -0.3 is 9.47 Å². The zero-order chi connectivity index (χ0) is 22.3. The highest BCUT2D eigenvalue weighted by Crippen LogP contribution is 2.35. The van der Waals surface area contributed by atoms with Crippen LogP contribution in [0.2, 0.25) is 5.02 Å². The minimum absolute atomic E-state index is 0.341. The number of hydrogen-bond acceptors (Lipinski definition) is 3. The second kappa shape index (κ2) is 8.12. The topological polar surface area (TPSA) is 52.2 Å². The van der Waals surface area contributed by atoms with E-state index in [1.807, 2.05) is 41.1 Å². The van der Waals surface area contributed by atoms with Gasteiger partial charge in [-0.25, -0.2) is 4.79 Å². The average molecular weight is 437 g/mol. The highest BCUT2D eigenvalue weighted by atomic mass is 35.5. The molecule has 0 saturated carbocycles. The van der Waals surface area contributed by atoms with Crippen molar-refractivity contribution in [2.45, 2.75) is 13.8 Å². The van der Waals surface area contributed by atoms with Gasteiger partial charge in [0.15, 0.2) is 0 Å². The molecule has 0 spiro atoms. The lowest BCUT2D eigenvalue weighted by molar-refractivity contribution is 0.714. The van der Waals surface area contributed by atoms with Gasteiger partial charge in [-0.3, -0.25) is 13.9 Å². The molecule has 160 valence electrons. The van der Waals surface area contributed by atoms with Crippen LogP contribution in [0.15, 0.2) is 64.3 Å². The first-order chi connectivity index (χ1) is 14.9. The first-order valence-electron chi connectivity index (χ1n) is 10.3. The molecule has 0 atom stereocenters. The van der Waals surface area contributed by atoms with E-state index in [-0.39, 0.29) is 11.2 Å². The molecule has 2 heterocycles. The van der Waals surface area contributed by atoms with Gasteiger partial charge in [0.05, 0.1) is 16.6 Å². The summed E-state index contributed by atoms with van der Waals surface area (Å²) < 4.78 is 4.58.